The Labute approximate surface area is 88.6 Å². The standard InChI is InChI=1S/C8H15NO5S/c10-7(8(11)12)3-5-9-4-1-2-6-15(9,13)14/h7,10H,1-6H2,(H,11,12). The van der Waals surface area contributed by atoms with E-state index in [1.54, 1.807) is 0 Å². The third-order valence-electron chi connectivity index (χ3n) is 2.39. The summed E-state index contributed by atoms with van der Waals surface area (Å²) >= 11 is 0. The number of hydrogen-bond acceptors (Lipinski definition) is 4. The van der Waals surface area contributed by atoms with Crippen LogP contribution in [0, 0.1) is 0 Å². The van der Waals surface area contributed by atoms with Gasteiger partial charge in [0.25, 0.3) is 0 Å². The molecule has 2 N–H and O–H groups in total. The summed E-state index contributed by atoms with van der Waals surface area (Å²) in [6.45, 7) is 0.504. The van der Waals surface area contributed by atoms with E-state index in [9.17, 15) is 13.2 Å². The zero-order chi connectivity index (χ0) is 11.5. The number of rotatable bonds is 4. The predicted octanol–water partition coefficient (Wildman–Crippen LogP) is -0.752. The molecule has 0 spiro atoms. The summed E-state index contributed by atoms with van der Waals surface area (Å²) < 4.78 is 24.2. The Balaban J connectivity index is 2.47. The van der Waals surface area contributed by atoms with Gasteiger partial charge in [-0.15, -0.1) is 0 Å². The van der Waals surface area contributed by atoms with Crippen LogP contribution in [0.3, 0.4) is 0 Å². The normalized spacial score (nSPS) is 23.5. The summed E-state index contributed by atoms with van der Waals surface area (Å²) in [6.07, 6.45) is -0.0980. The highest BCUT2D eigenvalue weighted by Gasteiger charge is 2.26. The van der Waals surface area contributed by atoms with Gasteiger partial charge >= 0.3 is 5.97 Å². The number of carboxylic acids is 1. The van der Waals surface area contributed by atoms with Crippen LogP contribution in [-0.4, -0.2) is 53.9 Å². The Kier molecular flexibility index (Phi) is 4.06. The molecule has 1 aliphatic rings. The highest BCUT2D eigenvalue weighted by molar-refractivity contribution is 7.89. The summed E-state index contributed by atoms with van der Waals surface area (Å²) in [5.74, 6) is -1.19. The van der Waals surface area contributed by atoms with Crippen molar-refractivity contribution >= 4 is 16.0 Å². The number of carboxylic acid groups (broad SMARTS) is 1. The number of sulfonamides is 1. The Hall–Kier alpha value is -0.660. The average molecular weight is 237 g/mol. The van der Waals surface area contributed by atoms with E-state index in [1.165, 1.54) is 4.31 Å². The zero-order valence-electron chi connectivity index (χ0n) is 8.29. The maximum Gasteiger partial charge on any atom is 0.332 e. The summed E-state index contributed by atoms with van der Waals surface area (Å²) in [6, 6.07) is 0. The Morgan fingerprint density at radius 1 is 1.40 bits per heavy atom. The first-order chi connectivity index (χ1) is 6.93. The van der Waals surface area contributed by atoms with Gasteiger partial charge in [-0.25, -0.2) is 17.5 Å². The van der Waals surface area contributed by atoms with Crippen LogP contribution in [-0.2, 0) is 14.8 Å². The topological polar surface area (TPSA) is 94.9 Å². The molecule has 6 nitrogen and oxygen atoms in total. The van der Waals surface area contributed by atoms with Gasteiger partial charge in [0.15, 0.2) is 6.10 Å². The minimum atomic E-state index is -3.22. The fourth-order valence-electron chi connectivity index (χ4n) is 1.48. The molecule has 0 aromatic carbocycles. The first kappa shape index (κ1) is 12.4. The van der Waals surface area contributed by atoms with Crippen LogP contribution in [0.15, 0.2) is 0 Å². The molecule has 7 heteroatoms. The smallest absolute Gasteiger partial charge is 0.332 e. The van der Waals surface area contributed by atoms with Crippen LogP contribution in [0.2, 0.25) is 0 Å². The fraction of sp³-hybridized carbons (Fsp3) is 0.875. The van der Waals surface area contributed by atoms with E-state index in [0.717, 1.165) is 6.42 Å². The van der Waals surface area contributed by atoms with Crippen LogP contribution < -0.4 is 0 Å². The molecule has 1 rings (SSSR count). The lowest BCUT2D eigenvalue weighted by Crippen LogP contribution is -2.40. The molecule has 1 saturated heterocycles. The van der Waals surface area contributed by atoms with Gasteiger partial charge in [0.1, 0.15) is 0 Å². The van der Waals surface area contributed by atoms with Crippen molar-refractivity contribution in [2.45, 2.75) is 25.4 Å². The molecule has 0 aromatic rings. The van der Waals surface area contributed by atoms with E-state index in [-0.39, 0.29) is 18.7 Å². The van der Waals surface area contributed by atoms with E-state index >= 15 is 0 Å². The molecule has 0 amide bonds. The van der Waals surface area contributed by atoms with Crippen molar-refractivity contribution in [1.29, 1.82) is 0 Å². The van der Waals surface area contributed by atoms with Crippen molar-refractivity contribution in [1.82, 2.24) is 4.31 Å². The molecular formula is C8H15NO5S. The van der Waals surface area contributed by atoms with Crippen LogP contribution in [0.1, 0.15) is 19.3 Å². The van der Waals surface area contributed by atoms with E-state index in [1.807, 2.05) is 0 Å². The van der Waals surface area contributed by atoms with Gasteiger partial charge in [0.2, 0.25) is 10.0 Å². The quantitative estimate of drug-likeness (QED) is 0.670. The summed E-state index contributed by atoms with van der Waals surface area (Å²) in [5, 5.41) is 17.4. The molecule has 1 heterocycles. The van der Waals surface area contributed by atoms with Gasteiger partial charge in [-0.2, -0.15) is 0 Å². The molecule has 15 heavy (non-hydrogen) atoms. The number of aliphatic carboxylic acids is 1. The molecule has 0 aliphatic carbocycles. The predicted molar refractivity (Wildman–Crippen MR) is 52.9 cm³/mol. The lowest BCUT2D eigenvalue weighted by molar-refractivity contribution is -0.147. The number of aliphatic hydroxyl groups is 1. The minimum Gasteiger partial charge on any atom is -0.479 e. The lowest BCUT2D eigenvalue weighted by atomic mass is 10.2. The minimum absolute atomic E-state index is 0.0609. The summed E-state index contributed by atoms with van der Waals surface area (Å²) in [4.78, 5) is 10.3. The maximum absolute atomic E-state index is 11.5. The van der Waals surface area contributed by atoms with Crippen LogP contribution >= 0.6 is 0 Å². The van der Waals surface area contributed by atoms with E-state index in [2.05, 4.69) is 0 Å². The molecule has 1 aliphatic heterocycles. The zero-order valence-corrected chi connectivity index (χ0v) is 9.11. The first-order valence-electron chi connectivity index (χ1n) is 4.82. The van der Waals surface area contributed by atoms with E-state index < -0.39 is 22.1 Å². The third-order valence-corrected chi connectivity index (χ3v) is 4.35. The van der Waals surface area contributed by atoms with Crippen LogP contribution in [0.4, 0.5) is 0 Å². The van der Waals surface area contributed by atoms with E-state index in [0.29, 0.717) is 13.0 Å². The first-order valence-corrected chi connectivity index (χ1v) is 6.43. The molecule has 0 aromatic heterocycles. The Bertz CT molecular complexity index is 326. The highest BCUT2D eigenvalue weighted by atomic mass is 32.2. The molecule has 1 unspecified atom stereocenters. The molecule has 0 bridgehead atoms. The monoisotopic (exact) mass is 237 g/mol. The molecule has 1 fully saturated rings. The molecule has 0 saturated carbocycles. The van der Waals surface area contributed by atoms with Crippen molar-refractivity contribution in [3.05, 3.63) is 0 Å². The SMILES string of the molecule is O=C(O)C(O)CCN1CCCCS1(=O)=O. The van der Waals surface area contributed by atoms with Crippen molar-refractivity contribution < 1.29 is 23.4 Å². The maximum atomic E-state index is 11.5. The summed E-state index contributed by atoms with van der Waals surface area (Å²) in [7, 11) is -3.22. The largest absolute Gasteiger partial charge is 0.479 e. The van der Waals surface area contributed by atoms with Gasteiger partial charge in [-0.05, 0) is 19.3 Å². The number of aliphatic hydroxyl groups excluding tert-OH is 1. The lowest BCUT2D eigenvalue weighted by Gasteiger charge is -2.26. The molecule has 88 valence electrons. The van der Waals surface area contributed by atoms with Gasteiger partial charge in [0, 0.05) is 13.1 Å². The molecule has 1 atom stereocenters. The van der Waals surface area contributed by atoms with Gasteiger partial charge in [-0.1, -0.05) is 0 Å². The number of nitrogens with zero attached hydrogens (tertiary/aromatic N) is 1. The molecular weight excluding hydrogens is 222 g/mol. The highest BCUT2D eigenvalue weighted by Crippen LogP contribution is 2.14. The fourth-order valence-corrected chi connectivity index (χ4v) is 3.10. The van der Waals surface area contributed by atoms with Crippen molar-refractivity contribution in [3.63, 3.8) is 0 Å². The molecule has 0 radical (unpaired) electrons. The van der Waals surface area contributed by atoms with Gasteiger partial charge in [-0.3, -0.25) is 0 Å². The van der Waals surface area contributed by atoms with Crippen LogP contribution in [0.25, 0.3) is 0 Å². The van der Waals surface area contributed by atoms with E-state index in [4.69, 9.17) is 10.2 Å². The van der Waals surface area contributed by atoms with Crippen molar-refractivity contribution in [2.75, 3.05) is 18.8 Å². The van der Waals surface area contributed by atoms with Crippen LogP contribution in [0.5, 0.6) is 0 Å². The number of carbonyl (C=O) groups is 1. The summed E-state index contributed by atoms with van der Waals surface area (Å²) in [5.41, 5.74) is 0. The number of hydrogen-bond donors (Lipinski definition) is 2. The second-order valence-corrected chi connectivity index (χ2v) is 5.65. The second-order valence-electron chi connectivity index (χ2n) is 3.56. The average Bonchev–Trinajstić information content (AvgIpc) is 2.14. The van der Waals surface area contributed by atoms with Gasteiger partial charge in [0.05, 0.1) is 5.75 Å². The van der Waals surface area contributed by atoms with Gasteiger partial charge < -0.3 is 10.2 Å². The third kappa shape index (κ3) is 3.44. The Morgan fingerprint density at radius 2 is 2.07 bits per heavy atom. The second kappa shape index (κ2) is 4.91. The van der Waals surface area contributed by atoms with Crippen molar-refractivity contribution in [2.24, 2.45) is 0 Å². The van der Waals surface area contributed by atoms with Crippen molar-refractivity contribution in [3.8, 4) is 0 Å². The Morgan fingerprint density at radius 3 is 2.60 bits per heavy atom.